The van der Waals surface area contributed by atoms with E-state index in [9.17, 15) is 9.18 Å². The molecule has 0 bridgehead atoms. The standard InChI is InChI=1S/C22H23FN2O4/c1-14-18(25-22(29-14)16-6-4-5-7-17(16)23)10-11-24-21(26)13-15-8-9-19(27-2)20(12-15)28-3/h4-9,12H,10-11,13H2,1-3H3,(H,24,26). The maximum atomic E-state index is 13.9. The number of halogens is 1. The van der Waals surface area contributed by atoms with Gasteiger partial charge in [-0.25, -0.2) is 9.37 Å². The van der Waals surface area contributed by atoms with Gasteiger partial charge in [0, 0.05) is 13.0 Å². The molecule has 0 unspecified atom stereocenters. The molecule has 0 spiro atoms. The molecule has 0 aliphatic heterocycles. The Kier molecular flexibility index (Phi) is 6.49. The van der Waals surface area contributed by atoms with Gasteiger partial charge in [0.2, 0.25) is 11.8 Å². The Morgan fingerprint density at radius 1 is 1.14 bits per heavy atom. The number of carbonyl (C=O) groups excluding carboxylic acids is 1. The molecule has 7 heteroatoms. The molecule has 29 heavy (non-hydrogen) atoms. The lowest BCUT2D eigenvalue weighted by atomic mass is 10.1. The molecule has 0 fully saturated rings. The molecule has 3 aromatic rings. The van der Waals surface area contributed by atoms with Crippen molar-refractivity contribution in [1.82, 2.24) is 10.3 Å². The third-order valence-corrected chi connectivity index (χ3v) is 4.49. The monoisotopic (exact) mass is 398 g/mol. The lowest BCUT2D eigenvalue weighted by Gasteiger charge is -2.09. The Hall–Kier alpha value is -3.35. The van der Waals surface area contributed by atoms with Crippen LogP contribution in [0.2, 0.25) is 0 Å². The number of nitrogens with one attached hydrogen (secondary N) is 1. The summed E-state index contributed by atoms with van der Waals surface area (Å²) in [5, 5.41) is 2.87. The third-order valence-electron chi connectivity index (χ3n) is 4.49. The van der Waals surface area contributed by atoms with Crippen LogP contribution in [0.1, 0.15) is 17.0 Å². The van der Waals surface area contributed by atoms with Gasteiger partial charge in [-0.05, 0) is 36.8 Å². The zero-order valence-corrected chi connectivity index (χ0v) is 16.6. The Morgan fingerprint density at radius 3 is 2.62 bits per heavy atom. The van der Waals surface area contributed by atoms with Crippen molar-refractivity contribution in [3.63, 3.8) is 0 Å². The number of methoxy groups -OCH3 is 2. The zero-order chi connectivity index (χ0) is 20.8. The van der Waals surface area contributed by atoms with Crippen LogP contribution in [0.5, 0.6) is 11.5 Å². The van der Waals surface area contributed by atoms with Crippen molar-refractivity contribution in [2.45, 2.75) is 19.8 Å². The second-order valence-corrected chi connectivity index (χ2v) is 6.47. The van der Waals surface area contributed by atoms with Gasteiger partial charge in [-0.15, -0.1) is 0 Å². The molecule has 0 aliphatic rings. The van der Waals surface area contributed by atoms with Crippen molar-refractivity contribution in [2.24, 2.45) is 0 Å². The van der Waals surface area contributed by atoms with Gasteiger partial charge >= 0.3 is 0 Å². The number of benzene rings is 2. The van der Waals surface area contributed by atoms with Gasteiger partial charge < -0.3 is 19.2 Å². The summed E-state index contributed by atoms with van der Waals surface area (Å²) in [5.74, 6) is 1.54. The van der Waals surface area contributed by atoms with Gasteiger partial charge in [0.15, 0.2) is 11.5 Å². The van der Waals surface area contributed by atoms with Gasteiger partial charge in [-0.1, -0.05) is 18.2 Å². The Labute approximate surface area is 168 Å². The van der Waals surface area contributed by atoms with Gasteiger partial charge in [0.05, 0.1) is 31.9 Å². The molecule has 1 N–H and O–H groups in total. The largest absolute Gasteiger partial charge is 0.493 e. The molecule has 6 nitrogen and oxygen atoms in total. The molecule has 2 aromatic carbocycles. The number of hydrogen-bond acceptors (Lipinski definition) is 5. The molecule has 0 radical (unpaired) electrons. The fourth-order valence-corrected chi connectivity index (χ4v) is 2.97. The van der Waals surface area contributed by atoms with Crippen molar-refractivity contribution in [2.75, 3.05) is 20.8 Å². The fraction of sp³-hybridized carbons (Fsp3) is 0.273. The normalized spacial score (nSPS) is 10.6. The number of ether oxygens (including phenoxy) is 2. The van der Waals surface area contributed by atoms with Crippen LogP contribution in [-0.2, 0) is 17.6 Å². The molecular formula is C22H23FN2O4. The van der Waals surface area contributed by atoms with Crippen LogP contribution in [-0.4, -0.2) is 31.7 Å². The summed E-state index contributed by atoms with van der Waals surface area (Å²) in [4.78, 5) is 16.6. The summed E-state index contributed by atoms with van der Waals surface area (Å²) >= 11 is 0. The highest BCUT2D eigenvalue weighted by Crippen LogP contribution is 2.27. The summed E-state index contributed by atoms with van der Waals surface area (Å²) in [5.41, 5.74) is 1.83. The average Bonchev–Trinajstić information content (AvgIpc) is 3.08. The van der Waals surface area contributed by atoms with Crippen molar-refractivity contribution < 1.29 is 23.1 Å². The number of amides is 1. The van der Waals surface area contributed by atoms with E-state index in [1.165, 1.54) is 6.07 Å². The van der Waals surface area contributed by atoms with Crippen molar-refractivity contribution in [3.05, 3.63) is 65.3 Å². The minimum Gasteiger partial charge on any atom is -0.493 e. The quantitative estimate of drug-likeness (QED) is 0.626. The van der Waals surface area contributed by atoms with E-state index in [2.05, 4.69) is 10.3 Å². The first-order valence-corrected chi connectivity index (χ1v) is 9.20. The molecule has 1 heterocycles. The minimum atomic E-state index is -0.386. The number of hydrogen-bond donors (Lipinski definition) is 1. The Bertz CT molecular complexity index is 1000. The average molecular weight is 398 g/mol. The lowest BCUT2D eigenvalue weighted by molar-refractivity contribution is -0.120. The van der Waals surface area contributed by atoms with Gasteiger partial charge in [-0.3, -0.25) is 4.79 Å². The number of nitrogens with zero attached hydrogens (tertiary/aromatic N) is 1. The molecule has 0 atom stereocenters. The van der Waals surface area contributed by atoms with Gasteiger partial charge in [0.25, 0.3) is 0 Å². The molecule has 152 valence electrons. The summed E-state index contributed by atoms with van der Waals surface area (Å²) in [6.45, 7) is 2.17. The highest BCUT2D eigenvalue weighted by atomic mass is 19.1. The zero-order valence-electron chi connectivity index (χ0n) is 16.6. The fourth-order valence-electron chi connectivity index (χ4n) is 2.97. The van der Waals surface area contributed by atoms with Crippen LogP contribution < -0.4 is 14.8 Å². The van der Waals surface area contributed by atoms with E-state index >= 15 is 0 Å². The van der Waals surface area contributed by atoms with Crippen LogP contribution in [0, 0.1) is 12.7 Å². The maximum absolute atomic E-state index is 13.9. The van der Waals surface area contributed by atoms with Crippen LogP contribution in [0.25, 0.3) is 11.5 Å². The summed E-state index contributed by atoms with van der Waals surface area (Å²) in [6, 6.07) is 11.7. The number of aryl methyl sites for hydroxylation is 1. The lowest BCUT2D eigenvalue weighted by Crippen LogP contribution is -2.27. The molecule has 1 amide bonds. The smallest absolute Gasteiger partial charge is 0.229 e. The SMILES string of the molecule is COc1ccc(CC(=O)NCCc2nc(-c3ccccc3F)oc2C)cc1OC. The van der Waals surface area contributed by atoms with Crippen LogP contribution in [0.3, 0.4) is 0 Å². The molecular weight excluding hydrogens is 375 g/mol. The number of aromatic nitrogens is 1. The summed E-state index contributed by atoms with van der Waals surface area (Å²) in [7, 11) is 3.12. The number of oxazole rings is 1. The maximum Gasteiger partial charge on any atom is 0.229 e. The number of rotatable bonds is 8. The summed E-state index contributed by atoms with van der Waals surface area (Å²) in [6.07, 6.45) is 0.708. The van der Waals surface area contributed by atoms with E-state index in [-0.39, 0.29) is 24.0 Å². The molecule has 0 aliphatic carbocycles. The van der Waals surface area contributed by atoms with E-state index in [0.717, 1.165) is 5.56 Å². The Morgan fingerprint density at radius 2 is 1.90 bits per heavy atom. The van der Waals surface area contributed by atoms with Crippen molar-refractivity contribution >= 4 is 5.91 Å². The predicted octanol–water partition coefficient (Wildman–Crippen LogP) is 3.71. The van der Waals surface area contributed by atoms with E-state index < -0.39 is 0 Å². The number of carbonyl (C=O) groups is 1. The van der Waals surface area contributed by atoms with Crippen LogP contribution in [0.4, 0.5) is 4.39 Å². The van der Waals surface area contributed by atoms with Crippen LogP contribution >= 0.6 is 0 Å². The third kappa shape index (κ3) is 4.93. The van der Waals surface area contributed by atoms with E-state index in [4.69, 9.17) is 13.9 Å². The van der Waals surface area contributed by atoms with Gasteiger partial charge in [0.1, 0.15) is 11.6 Å². The minimum absolute atomic E-state index is 0.118. The topological polar surface area (TPSA) is 73.6 Å². The molecule has 3 rings (SSSR count). The second kappa shape index (κ2) is 9.23. The molecule has 1 aromatic heterocycles. The molecule has 0 saturated heterocycles. The highest BCUT2D eigenvalue weighted by Gasteiger charge is 2.15. The van der Waals surface area contributed by atoms with Gasteiger partial charge in [-0.2, -0.15) is 0 Å². The predicted molar refractivity (Wildman–Crippen MR) is 107 cm³/mol. The van der Waals surface area contributed by atoms with Crippen LogP contribution in [0.15, 0.2) is 46.9 Å². The van der Waals surface area contributed by atoms with Crippen molar-refractivity contribution in [1.29, 1.82) is 0 Å². The Balaban J connectivity index is 1.56. The second-order valence-electron chi connectivity index (χ2n) is 6.47. The highest BCUT2D eigenvalue weighted by molar-refractivity contribution is 5.78. The first kappa shape index (κ1) is 20.4. The first-order valence-electron chi connectivity index (χ1n) is 9.20. The van der Waals surface area contributed by atoms with E-state index in [0.29, 0.717) is 41.5 Å². The first-order chi connectivity index (χ1) is 14.0. The van der Waals surface area contributed by atoms with Crippen molar-refractivity contribution in [3.8, 4) is 23.0 Å². The molecule has 0 saturated carbocycles. The summed E-state index contributed by atoms with van der Waals surface area (Å²) < 4.78 is 30.0. The van der Waals surface area contributed by atoms with E-state index in [1.54, 1.807) is 51.5 Å². The van der Waals surface area contributed by atoms with E-state index in [1.807, 2.05) is 6.07 Å².